The fourth-order valence-electron chi connectivity index (χ4n) is 1.93. The van der Waals surface area contributed by atoms with Gasteiger partial charge in [0, 0.05) is 24.0 Å². The van der Waals surface area contributed by atoms with Crippen LogP contribution in [0, 0.1) is 0 Å². The average molecular weight is 328 g/mol. The molecule has 116 valence electrons. The van der Waals surface area contributed by atoms with Gasteiger partial charge >= 0.3 is 5.97 Å². The van der Waals surface area contributed by atoms with E-state index in [-0.39, 0.29) is 5.56 Å². The van der Waals surface area contributed by atoms with Gasteiger partial charge in [0.2, 0.25) is 0 Å². The smallest absolute Gasteiger partial charge is 0.341 e. The normalized spacial score (nSPS) is 11.9. The van der Waals surface area contributed by atoms with E-state index in [0.29, 0.717) is 16.2 Å². The van der Waals surface area contributed by atoms with Crippen LogP contribution in [0.1, 0.15) is 17.3 Å². The standard InChI is InChI=1S/C15H12N4O3S/c1-9(13(20)19-15-18-7-8-23-15)22-14(21)10-3-2-4-11-12(10)17-6-5-16-11/h2-9H,1H3,(H,18,19,20). The molecule has 0 saturated heterocycles. The first-order valence-corrected chi connectivity index (χ1v) is 7.64. The highest BCUT2D eigenvalue weighted by molar-refractivity contribution is 7.13. The van der Waals surface area contributed by atoms with Crippen molar-refractivity contribution in [1.82, 2.24) is 15.0 Å². The molecule has 0 radical (unpaired) electrons. The van der Waals surface area contributed by atoms with Crippen LogP contribution >= 0.6 is 11.3 Å². The summed E-state index contributed by atoms with van der Waals surface area (Å²) >= 11 is 1.28. The minimum absolute atomic E-state index is 0.268. The lowest BCUT2D eigenvalue weighted by Gasteiger charge is -2.12. The van der Waals surface area contributed by atoms with Gasteiger partial charge in [-0.15, -0.1) is 11.3 Å². The fraction of sp³-hybridized carbons (Fsp3) is 0.133. The van der Waals surface area contributed by atoms with Crippen LogP contribution in [0.25, 0.3) is 11.0 Å². The molecule has 0 bridgehead atoms. The predicted molar refractivity (Wildman–Crippen MR) is 85.2 cm³/mol. The van der Waals surface area contributed by atoms with Gasteiger partial charge in [0.25, 0.3) is 5.91 Å². The molecular formula is C15H12N4O3S. The summed E-state index contributed by atoms with van der Waals surface area (Å²) in [6.45, 7) is 1.50. The van der Waals surface area contributed by atoms with E-state index < -0.39 is 18.0 Å². The molecule has 1 unspecified atom stereocenters. The number of benzene rings is 1. The van der Waals surface area contributed by atoms with Crippen molar-refractivity contribution in [2.45, 2.75) is 13.0 Å². The second kappa shape index (κ2) is 6.49. The Morgan fingerprint density at radius 2 is 2.00 bits per heavy atom. The van der Waals surface area contributed by atoms with Crippen molar-refractivity contribution < 1.29 is 14.3 Å². The SMILES string of the molecule is CC(OC(=O)c1cccc2nccnc12)C(=O)Nc1nccs1. The second-order valence-corrected chi connectivity index (χ2v) is 5.50. The van der Waals surface area contributed by atoms with Crippen molar-refractivity contribution in [3.8, 4) is 0 Å². The van der Waals surface area contributed by atoms with Gasteiger partial charge in [-0.3, -0.25) is 20.1 Å². The Balaban J connectivity index is 1.74. The van der Waals surface area contributed by atoms with E-state index >= 15 is 0 Å². The molecule has 0 aliphatic heterocycles. The molecule has 3 aromatic rings. The van der Waals surface area contributed by atoms with Crippen molar-refractivity contribution in [3.63, 3.8) is 0 Å². The number of anilines is 1. The van der Waals surface area contributed by atoms with Crippen LogP contribution in [0.5, 0.6) is 0 Å². The van der Waals surface area contributed by atoms with Crippen LogP contribution in [0.3, 0.4) is 0 Å². The average Bonchev–Trinajstić information content (AvgIpc) is 3.07. The molecule has 23 heavy (non-hydrogen) atoms. The van der Waals surface area contributed by atoms with Crippen molar-refractivity contribution in [2.24, 2.45) is 0 Å². The van der Waals surface area contributed by atoms with Crippen molar-refractivity contribution in [2.75, 3.05) is 5.32 Å². The maximum Gasteiger partial charge on any atom is 0.341 e. The molecule has 2 aromatic heterocycles. The molecule has 0 aliphatic rings. The summed E-state index contributed by atoms with van der Waals surface area (Å²) < 4.78 is 5.21. The monoisotopic (exact) mass is 328 g/mol. The highest BCUT2D eigenvalue weighted by Crippen LogP contribution is 2.16. The van der Waals surface area contributed by atoms with E-state index in [1.807, 2.05) is 0 Å². The van der Waals surface area contributed by atoms with Crippen molar-refractivity contribution >= 4 is 39.4 Å². The number of rotatable bonds is 4. The molecule has 1 amide bonds. The van der Waals surface area contributed by atoms with Crippen molar-refractivity contribution in [1.29, 1.82) is 0 Å². The molecule has 8 heteroatoms. The molecule has 1 N–H and O–H groups in total. The van der Waals surface area contributed by atoms with E-state index in [1.54, 1.807) is 36.0 Å². The van der Waals surface area contributed by atoms with Gasteiger partial charge in [0.15, 0.2) is 11.2 Å². The predicted octanol–water partition coefficient (Wildman–Crippen LogP) is 2.27. The minimum atomic E-state index is -0.960. The number of esters is 1. The number of hydrogen-bond donors (Lipinski definition) is 1. The zero-order valence-electron chi connectivity index (χ0n) is 12.1. The van der Waals surface area contributed by atoms with E-state index in [2.05, 4.69) is 20.3 Å². The molecule has 0 saturated carbocycles. The number of thiazole rings is 1. The minimum Gasteiger partial charge on any atom is -0.449 e. The van der Waals surface area contributed by atoms with Crippen LogP contribution < -0.4 is 5.32 Å². The zero-order valence-corrected chi connectivity index (χ0v) is 12.9. The van der Waals surface area contributed by atoms with Gasteiger partial charge in [-0.1, -0.05) is 6.07 Å². The van der Waals surface area contributed by atoms with Crippen LogP contribution in [0.2, 0.25) is 0 Å². The molecule has 0 spiro atoms. The molecule has 0 aliphatic carbocycles. The van der Waals surface area contributed by atoms with Crippen molar-refractivity contribution in [3.05, 3.63) is 47.7 Å². The van der Waals surface area contributed by atoms with Crippen LogP contribution in [-0.4, -0.2) is 32.9 Å². The molecular weight excluding hydrogens is 316 g/mol. The third kappa shape index (κ3) is 3.32. The third-order valence-corrected chi connectivity index (χ3v) is 3.72. The number of hydrogen-bond acceptors (Lipinski definition) is 7. The van der Waals surface area contributed by atoms with E-state index in [9.17, 15) is 9.59 Å². The number of nitrogens with zero attached hydrogens (tertiary/aromatic N) is 3. The summed E-state index contributed by atoms with van der Waals surface area (Å²) in [6.07, 6.45) is 3.66. The highest BCUT2D eigenvalue weighted by atomic mass is 32.1. The summed E-state index contributed by atoms with van der Waals surface area (Å²) in [5.41, 5.74) is 1.29. The first-order valence-electron chi connectivity index (χ1n) is 6.76. The largest absolute Gasteiger partial charge is 0.449 e. The quantitative estimate of drug-likeness (QED) is 0.738. The summed E-state index contributed by atoms with van der Waals surface area (Å²) in [4.78, 5) is 36.5. The lowest BCUT2D eigenvalue weighted by atomic mass is 10.2. The number of aromatic nitrogens is 3. The maximum absolute atomic E-state index is 12.3. The van der Waals surface area contributed by atoms with E-state index in [1.165, 1.54) is 24.5 Å². The molecule has 1 aromatic carbocycles. The van der Waals surface area contributed by atoms with Gasteiger partial charge in [-0.25, -0.2) is 9.78 Å². The highest BCUT2D eigenvalue weighted by Gasteiger charge is 2.21. The van der Waals surface area contributed by atoms with Crippen LogP contribution in [0.4, 0.5) is 5.13 Å². The molecule has 2 heterocycles. The summed E-state index contributed by atoms with van der Waals surface area (Å²) in [6, 6.07) is 5.02. The van der Waals surface area contributed by atoms with E-state index in [4.69, 9.17) is 4.74 Å². The number of para-hydroxylation sites is 1. The number of ether oxygens (including phenoxy) is 1. The van der Waals surface area contributed by atoms with Crippen LogP contribution in [0.15, 0.2) is 42.2 Å². The first-order chi connectivity index (χ1) is 11.1. The topological polar surface area (TPSA) is 94.1 Å². The second-order valence-electron chi connectivity index (χ2n) is 4.60. The Morgan fingerprint density at radius 1 is 1.17 bits per heavy atom. The lowest BCUT2D eigenvalue weighted by Crippen LogP contribution is -2.30. The lowest BCUT2D eigenvalue weighted by molar-refractivity contribution is -0.123. The zero-order chi connectivity index (χ0) is 16.2. The number of nitrogens with one attached hydrogen (secondary N) is 1. The molecule has 7 nitrogen and oxygen atoms in total. The number of amides is 1. The molecule has 3 rings (SSSR count). The summed E-state index contributed by atoms with van der Waals surface area (Å²) in [7, 11) is 0. The van der Waals surface area contributed by atoms with Gasteiger partial charge in [-0.05, 0) is 19.1 Å². The molecule has 1 atom stereocenters. The molecule has 0 fully saturated rings. The Morgan fingerprint density at radius 3 is 2.78 bits per heavy atom. The fourth-order valence-corrected chi connectivity index (χ4v) is 2.46. The number of fused-ring (bicyclic) bond motifs is 1. The maximum atomic E-state index is 12.3. The summed E-state index contributed by atoms with van der Waals surface area (Å²) in [5, 5.41) is 4.77. The Hall–Kier alpha value is -2.87. The third-order valence-electron chi connectivity index (χ3n) is 3.03. The number of carbonyl (C=O) groups excluding carboxylic acids is 2. The first kappa shape index (κ1) is 15.0. The van der Waals surface area contributed by atoms with Gasteiger partial charge < -0.3 is 4.74 Å². The Bertz CT molecular complexity index is 846. The van der Waals surface area contributed by atoms with E-state index in [0.717, 1.165) is 0 Å². The number of carbonyl (C=O) groups is 2. The van der Waals surface area contributed by atoms with Crippen LogP contribution in [-0.2, 0) is 9.53 Å². The summed E-state index contributed by atoms with van der Waals surface area (Å²) in [5.74, 6) is -1.07. The Kier molecular flexibility index (Phi) is 4.24. The van der Waals surface area contributed by atoms with Gasteiger partial charge in [-0.2, -0.15) is 0 Å². The Labute approximate surface area is 135 Å². The van der Waals surface area contributed by atoms with Gasteiger partial charge in [0.1, 0.15) is 5.52 Å². The van der Waals surface area contributed by atoms with Gasteiger partial charge in [0.05, 0.1) is 11.1 Å².